The van der Waals surface area contributed by atoms with Crippen molar-refractivity contribution in [1.29, 1.82) is 0 Å². The third-order valence-electron chi connectivity index (χ3n) is 4.94. The molecule has 4 rings (SSSR count). The first-order valence-electron chi connectivity index (χ1n) is 8.27. The second kappa shape index (κ2) is 5.84. The predicted octanol–water partition coefficient (Wildman–Crippen LogP) is 3.86. The molecule has 2 N–H and O–H groups in total. The Morgan fingerprint density at radius 1 is 1.04 bits per heavy atom. The summed E-state index contributed by atoms with van der Waals surface area (Å²) in [4.78, 5) is 16.2. The van der Waals surface area contributed by atoms with Crippen LogP contribution in [-0.4, -0.2) is 25.1 Å². The van der Waals surface area contributed by atoms with Gasteiger partial charge in [0, 0.05) is 22.8 Å². The topological polar surface area (TPSA) is 63.3 Å². The SMILES string of the molecule is COc1ccc(NC(=O)C2(c3c[nH]c4ccc(OC)cc34)CC2)cc1. The highest BCUT2D eigenvalue weighted by Crippen LogP contribution is 2.51. The number of hydrogen-bond acceptors (Lipinski definition) is 3. The number of ether oxygens (including phenoxy) is 2. The lowest BCUT2D eigenvalue weighted by Crippen LogP contribution is -2.27. The highest BCUT2D eigenvalue weighted by Gasteiger charge is 2.52. The average Bonchev–Trinajstić information content (AvgIpc) is 3.35. The molecule has 1 aliphatic rings. The molecule has 5 nitrogen and oxygen atoms in total. The second-order valence-electron chi connectivity index (χ2n) is 6.38. The number of fused-ring (bicyclic) bond motifs is 1. The third-order valence-corrected chi connectivity index (χ3v) is 4.94. The number of H-pyrrole nitrogens is 1. The molecule has 1 aromatic heterocycles. The molecule has 0 atom stereocenters. The van der Waals surface area contributed by atoms with Gasteiger partial charge in [-0.1, -0.05) is 0 Å². The summed E-state index contributed by atoms with van der Waals surface area (Å²) in [5.41, 5.74) is 2.35. The number of carbonyl (C=O) groups excluding carboxylic acids is 1. The number of methoxy groups -OCH3 is 2. The number of aromatic amines is 1. The van der Waals surface area contributed by atoms with Gasteiger partial charge in [0.05, 0.1) is 19.6 Å². The van der Waals surface area contributed by atoms with Crippen molar-refractivity contribution >= 4 is 22.5 Å². The number of aromatic nitrogens is 1. The minimum atomic E-state index is -0.468. The summed E-state index contributed by atoms with van der Waals surface area (Å²) in [6.07, 6.45) is 3.64. The van der Waals surface area contributed by atoms with Crippen molar-refractivity contribution in [1.82, 2.24) is 4.98 Å². The van der Waals surface area contributed by atoms with Gasteiger partial charge in [-0.2, -0.15) is 0 Å². The Labute approximate surface area is 146 Å². The van der Waals surface area contributed by atoms with Gasteiger partial charge in [-0.25, -0.2) is 0 Å². The Bertz CT molecular complexity index is 924. The molecule has 0 unspecified atom stereocenters. The van der Waals surface area contributed by atoms with Crippen LogP contribution in [0, 0.1) is 0 Å². The quantitative estimate of drug-likeness (QED) is 0.744. The van der Waals surface area contributed by atoms with E-state index in [1.54, 1.807) is 14.2 Å². The Morgan fingerprint density at radius 2 is 1.72 bits per heavy atom. The lowest BCUT2D eigenvalue weighted by Gasteiger charge is -2.15. The molecule has 0 aliphatic heterocycles. The third kappa shape index (κ3) is 2.61. The maximum absolute atomic E-state index is 13.0. The summed E-state index contributed by atoms with van der Waals surface area (Å²) in [6.45, 7) is 0. The van der Waals surface area contributed by atoms with Gasteiger partial charge >= 0.3 is 0 Å². The van der Waals surface area contributed by atoms with Crippen LogP contribution in [0.15, 0.2) is 48.7 Å². The molecule has 5 heteroatoms. The zero-order valence-electron chi connectivity index (χ0n) is 14.3. The molecular formula is C20H20N2O3. The maximum atomic E-state index is 13.0. The second-order valence-corrected chi connectivity index (χ2v) is 6.38. The first-order valence-corrected chi connectivity index (χ1v) is 8.27. The molecule has 1 aliphatic carbocycles. The minimum absolute atomic E-state index is 0.0291. The Hall–Kier alpha value is -2.95. The van der Waals surface area contributed by atoms with Crippen LogP contribution < -0.4 is 14.8 Å². The lowest BCUT2D eigenvalue weighted by atomic mass is 9.94. The molecule has 1 saturated carbocycles. The van der Waals surface area contributed by atoms with Crippen LogP contribution in [0.3, 0.4) is 0 Å². The van der Waals surface area contributed by atoms with Gasteiger partial charge in [-0.15, -0.1) is 0 Å². The summed E-state index contributed by atoms with van der Waals surface area (Å²) in [5.74, 6) is 1.59. The van der Waals surface area contributed by atoms with E-state index in [4.69, 9.17) is 9.47 Å². The van der Waals surface area contributed by atoms with Crippen LogP contribution in [0.5, 0.6) is 11.5 Å². The predicted molar refractivity (Wildman–Crippen MR) is 97.4 cm³/mol. The van der Waals surface area contributed by atoms with Gasteiger partial charge in [0.2, 0.25) is 5.91 Å². The fraction of sp³-hybridized carbons (Fsp3) is 0.250. The van der Waals surface area contributed by atoms with Crippen molar-refractivity contribution in [2.24, 2.45) is 0 Å². The smallest absolute Gasteiger partial charge is 0.235 e. The largest absolute Gasteiger partial charge is 0.497 e. The van der Waals surface area contributed by atoms with Crippen LogP contribution >= 0.6 is 0 Å². The molecular weight excluding hydrogens is 316 g/mol. The Balaban J connectivity index is 1.64. The molecule has 2 aromatic carbocycles. The van der Waals surface area contributed by atoms with Crippen molar-refractivity contribution in [2.45, 2.75) is 18.3 Å². The number of anilines is 1. The standard InChI is InChI=1S/C20H20N2O3/c1-24-14-5-3-13(4-6-14)22-19(23)20(9-10-20)17-12-21-18-8-7-15(25-2)11-16(17)18/h3-8,11-12,21H,9-10H2,1-2H3,(H,22,23). The monoisotopic (exact) mass is 336 g/mol. The van der Waals surface area contributed by atoms with Crippen molar-refractivity contribution in [3.8, 4) is 11.5 Å². The molecule has 3 aromatic rings. The van der Waals surface area contributed by atoms with E-state index in [-0.39, 0.29) is 5.91 Å². The van der Waals surface area contributed by atoms with E-state index < -0.39 is 5.41 Å². The van der Waals surface area contributed by atoms with Crippen LogP contribution in [0.2, 0.25) is 0 Å². The number of rotatable bonds is 5. The van der Waals surface area contributed by atoms with E-state index in [2.05, 4.69) is 10.3 Å². The molecule has 1 heterocycles. The Kier molecular flexibility index (Phi) is 3.64. The number of hydrogen-bond donors (Lipinski definition) is 2. The van der Waals surface area contributed by atoms with Crippen LogP contribution in [0.25, 0.3) is 10.9 Å². The van der Waals surface area contributed by atoms with Gasteiger partial charge in [0.1, 0.15) is 11.5 Å². The molecule has 1 fully saturated rings. The number of benzene rings is 2. The summed E-state index contributed by atoms with van der Waals surface area (Å²) < 4.78 is 10.5. The number of nitrogens with one attached hydrogen (secondary N) is 2. The molecule has 128 valence electrons. The van der Waals surface area contributed by atoms with Gasteiger partial charge in [-0.05, 0) is 60.9 Å². The number of amides is 1. The highest BCUT2D eigenvalue weighted by molar-refractivity contribution is 6.04. The van der Waals surface area contributed by atoms with Crippen molar-refractivity contribution in [2.75, 3.05) is 19.5 Å². The summed E-state index contributed by atoms with van der Waals surface area (Å²) in [5, 5.41) is 4.08. The van der Waals surface area contributed by atoms with E-state index in [1.165, 1.54) is 0 Å². The first-order chi connectivity index (χ1) is 12.2. The molecule has 0 spiro atoms. The fourth-order valence-corrected chi connectivity index (χ4v) is 3.29. The first kappa shape index (κ1) is 15.6. The maximum Gasteiger partial charge on any atom is 0.235 e. The molecule has 25 heavy (non-hydrogen) atoms. The average molecular weight is 336 g/mol. The minimum Gasteiger partial charge on any atom is -0.497 e. The van der Waals surface area contributed by atoms with Crippen molar-refractivity contribution in [3.63, 3.8) is 0 Å². The van der Waals surface area contributed by atoms with Gasteiger partial charge in [0.25, 0.3) is 0 Å². The van der Waals surface area contributed by atoms with Crippen LogP contribution in [0.1, 0.15) is 18.4 Å². The summed E-state index contributed by atoms with van der Waals surface area (Å²) >= 11 is 0. The highest BCUT2D eigenvalue weighted by atomic mass is 16.5. The van der Waals surface area contributed by atoms with E-state index in [9.17, 15) is 4.79 Å². The Morgan fingerprint density at radius 3 is 2.36 bits per heavy atom. The molecule has 1 amide bonds. The van der Waals surface area contributed by atoms with Crippen LogP contribution in [0.4, 0.5) is 5.69 Å². The van der Waals surface area contributed by atoms with Gasteiger partial charge in [-0.3, -0.25) is 4.79 Å². The summed E-state index contributed by atoms with van der Waals surface area (Å²) in [7, 11) is 3.27. The lowest BCUT2D eigenvalue weighted by molar-refractivity contribution is -0.118. The molecule has 0 saturated heterocycles. The van der Waals surface area contributed by atoms with Crippen molar-refractivity contribution in [3.05, 3.63) is 54.2 Å². The zero-order chi connectivity index (χ0) is 17.4. The van der Waals surface area contributed by atoms with E-state index in [0.29, 0.717) is 0 Å². The van der Waals surface area contributed by atoms with E-state index in [1.807, 2.05) is 48.7 Å². The summed E-state index contributed by atoms with van der Waals surface area (Å²) in [6, 6.07) is 13.3. The molecule has 0 bridgehead atoms. The van der Waals surface area contributed by atoms with Crippen LogP contribution in [-0.2, 0) is 10.2 Å². The van der Waals surface area contributed by atoms with Gasteiger partial charge < -0.3 is 19.8 Å². The van der Waals surface area contributed by atoms with Crippen molar-refractivity contribution < 1.29 is 14.3 Å². The molecule has 0 radical (unpaired) electrons. The van der Waals surface area contributed by atoms with E-state index in [0.717, 1.165) is 46.5 Å². The van der Waals surface area contributed by atoms with Gasteiger partial charge in [0.15, 0.2) is 0 Å². The fourth-order valence-electron chi connectivity index (χ4n) is 3.29. The number of carbonyl (C=O) groups is 1. The zero-order valence-corrected chi connectivity index (χ0v) is 14.3. The van der Waals surface area contributed by atoms with E-state index >= 15 is 0 Å². The normalized spacial score (nSPS) is 15.0.